The van der Waals surface area contributed by atoms with Crippen LogP contribution in [0, 0.1) is 0 Å². The molecule has 4 N–H and O–H groups in total. The van der Waals surface area contributed by atoms with E-state index in [1.165, 1.54) is 12.5 Å². The number of hydrogen-bond acceptors (Lipinski definition) is 5. The van der Waals surface area contributed by atoms with Crippen LogP contribution in [0.1, 0.15) is 12.1 Å². The van der Waals surface area contributed by atoms with Gasteiger partial charge in [-0.3, -0.25) is 4.79 Å². The van der Waals surface area contributed by atoms with Crippen molar-refractivity contribution in [3.63, 3.8) is 0 Å². The SMILES string of the molecule is O=C(CC1CNCCO1)NC(Cc1cnc[nH]1)C(=O)O. The van der Waals surface area contributed by atoms with Crippen LogP contribution >= 0.6 is 0 Å². The van der Waals surface area contributed by atoms with Gasteiger partial charge >= 0.3 is 5.97 Å². The summed E-state index contributed by atoms with van der Waals surface area (Å²) in [6.45, 7) is 1.94. The number of nitrogens with zero attached hydrogens (tertiary/aromatic N) is 1. The zero-order chi connectivity index (χ0) is 14.4. The van der Waals surface area contributed by atoms with Crippen LogP contribution in [0.3, 0.4) is 0 Å². The van der Waals surface area contributed by atoms with E-state index in [-0.39, 0.29) is 24.9 Å². The van der Waals surface area contributed by atoms with E-state index in [1.807, 2.05) is 0 Å². The number of aromatic nitrogens is 2. The van der Waals surface area contributed by atoms with E-state index in [9.17, 15) is 9.59 Å². The van der Waals surface area contributed by atoms with Crippen LogP contribution in [0.25, 0.3) is 0 Å². The molecule has 20 heavy (non-hydrogen) atoms. The highest BCUT2D eigenvalue weighted by Gasteiger charge is 2.23. The minimum absolute atomic E-state index is 0.153. The molecule has 1 aromatic rings. The second-order valence-corrected chi connectivity index (χ2v) is 4.64. The minimum atomic E-state index is -1.07. The molecule has 0 aliphatic carbocycles. The second kappa shape index (κ2) is 7.01. The Kier molecular flexibility index (Phi) is 5.08. The van der Waals surface area contributed by atoms with E-state index in [2.05, 4.69) is 20.6 Å². The number of hydrogen-bond donors (Lipinski definition) is 4. The lowest BCUT2D eigenvalue weighted by molar-refractivity contribution is -0.142. The highest BCUT2D eigenvalue weighted by Crippen LogP contribution is 2.03. The summed E-state index contributed by atoms with van der Waals surface area (Å²) in [5.74, 6) is -1.40. The third kappa shape index (κ3) is 4.32. The summed E-state index contributed by atoms with van der Waals surface area (Å²) in [5.41, 5.74) is 0.660. The van der Waals surface area contributed by atoms with Gasteiger partial charge in [-0.1, -0.05) is 0 Å². The van der Waals surface area contributed by atoms with E-state index in [1.54, 1.807) is 0 Å². The maximum atomic E-state index is 11.8. The Morgan fingerprint density at radius 3 is 3.05 bits per heavy atom. The van der Waals surface area contributed by atoms with Gasteiger partial charge in [-0.15, -0.1) is 0 Å². The standard InChI is InChI=1S/C12H18N4O4/c17-11(4-9-6-13-1-2-20-9)16-10(12(18)19)3-8-5-14-7-15-8/h5,7,9-10,13H,1-4,6H2,(H,14,15)(H,16,17)(H,18,19). The molecular formula is C12H18N4O4. The summed E-state index contributed by atoms with van der Waals surface area (Å²) in [6.07, 6.45) is 3.13. The molecule has 1 aliphatic rings. The van der Waals surface area contributed by atoms with Crippen molar-refractivity contribution in [2.24, 2.45) is 0 Å². The number of aromatic amines is 1. The molecule has 0 spiro atoms. The first-order valence-corrected chi connectivity index (χ1v) is 6.47. The Labute approximate surface area is 115 Å². The van der Waals surface area contributed by atoms with Crippen molar-refractivity contribution in [3.05, 3.63) is 18.2 Å². The van der Waals surface area contributed by atoms with Gasteiger partial charge < -0.3 is 25.5 Å². The van der Waals surface area contributed by atoms with Gasteiger partial charge in [-0.05, 0) is 0 Å². The van der Waals surface area contributed by atoms with Crippen molar-refractivity contribution in [1.82, 2.24) is 20.6 Å². The predicted octanol–water partition coefficient (Wildman–Crippen LogP) is -1.10. The molecule has 1 saturated heterocycles. The van der Waals surface area contributed by atoms with Gasteiger partial charge in [0.05, 0.1) is 25.5 Å². The number of carboxylic acids is 1. The maximum Gasteiger partial charge on any atom is 0.326 e. The molecule has 8 heteroatoms. The molecule has 2 unspecified atom stereocenters. The summed E-state index contributed by atoms with van der Waals surface area (Å²) in [7, 11) is 0. The van der Waals surface area contributed by atoms with E-state index < -0.39 is 12.0 Å². The van der Waals surface area contributed by atoms with Crippen molar-refractivity contribution < 1.29 is 19.4 Å². The minimum Gasteiger partial charge on any atom is -0.480 e. The van der Waals surface area contributed by atoms with Gasteiger partial charge in [-0.2, -0.15) is 0 Å². The molecule has 2 heterocycles. The van der Waals surface area contributed by atoms with Crippen molar-refractivity contribution in [2.75, 3.05) is 19.7 Å². The Bertz CT molecular complexity index is 442. The number of amides is 1. The fraction of sp³-hybridized carbons (Fsp3) is 0.583. The number of morpholine rings is 1. The molecule has 1 aromatic heterocycles. The molecule has 110 valence electrons. The van der Waals surface area contributed by atoms with E-state index in [4.69, 9.17) is 9.84 Å². The monoisotopic (exact) mass is 282 g/mol. The van der Waals surface area contributed by atoms with Crippen LogP contribution < -0.4 is 10.6 Å². The molecule has 8 nitrogen and oxygen atoms in total. The molecule has 1 aliphatic heterocycles. The van der Waals surface area contributed by atoms with E-state index in [0.29, 0.717) is 18.8 Å². The Morgan fingerprint density at radius 1 is 1.60 bits per heavy atom. The van der Waals surface area contributed by atoms with Crippen molar-refractivity contribution in [1.29, 1.82) is 0 Å². The van der Waals surface area contributed by atoms with Crippen LogP contribution in [-0.4, -0.2) is 58.8 Å². The quantitative estimate of drug-likeness (QED) is 0.526. The summed E-state index contributed by atoms with van der Waals surface area (Å²) in [4.78, 5) is 29.6. The average Bonchev–Trinajstić information content (AvgIpc) is 2.92. The molecule has 0 saturated carbocycles. The maximum absolute atomic E-state index is 11.8. The molecule has 2 atom stereocenters. The Balaban J connectivity index is 1.83. The van der Waals surface area contributed by atoms with Crippen molar-refractivity contribution in [3.8, 4) is 0 Å². The zero-order valence-corrected chi connectivity index (χ0v) is 11.0. The van der Waals surface area contributed by atoms with Gasteiger partial charge in [0, 0.05) is 31.4 Å². The fourth-order valence-electron chi connectivity index (χ4n) is 2.03. The lowest BCUT2D eigenvalue weighted by Crippen LogP contribution is -2.46. The van der Waals surface area contributed by atoms with Crippen molar-refractivity contribution in [2.45, 2.75) is 25.0 Å². The third-order valence-electron chi connectivity index (χ3n) is 3.03. The average molecular weight is 282 g/mol. The zero-order valence-electron chi connectivity index (χ0n) is 11.0. The molecule has 0 bridgehead atoms. The van der Waals surface area contributed by atoms with Gasteiger partial charge in [-0.25, -0.2) is 9.78 Å². The summed E-state index contributed by atoms with van der Waals surface area (Å²) < 4.78 is 5.41. The Morgan fingerprint density at radius 2 is 2.45 bits per heavy atom. The van der Waals surface area contributed by atoms with Gasteiger partial charge in [0.1, 0.15) is 6.04 Å². The number of imidazole rings is 1. The molecule has 1 amide bonds. The van der Waals surface area contributed by atoms with Gasteiger partial charge in [0.2, 0.25) is 5.91 Å². The smallest absolute Gasteiger partial charge is 0.326 e. The largest absolute Gasteiger partial charge is 0.480 e. The Hall–Kier alpha value is -1.93. The summed E-state index contributed by atoms with van der Waals surface area (Å²) in [5, 5.41) is 14.8. The molecule has 0 radical (unpaired) electrons. The highest BCUT2D eigenvalue weighted by molar-refractivity contribution is 5.83. The molecule has 1 fully saturated rings. The first kappa shape index (κ1) is 14.5. The number of carboxylic acid groups (broad SMARTS) is 1. The normalized spacial score (nSPS) is 20.3. The summed E-state index contributed by atoms with van der Waals surface area (Å²) >= 11 is 0. The van der Waals surface area contributed by atoms with Gasteiger partial charge in [0.25, 0.3) is 0 Å². The number of carbonyl (C=O) groups excluding carboxylic acids is 1. The number of nitrogens with one attached hydrogen (secondary N) is 3. The topological polar surface area (TPSA) is 116 Å². The van der Waals surface area contributed by atoms with Gasteiger partial charge in [0.15, 0.2) is 0 Å². The first-order chi connectivity index (χ1) is 9.65. The van der Waals surface area contributed by atoms with Crippen LogP contribution in [0.4, 0.5) is 0 Å². The summed E-state index contributed by atoms with van der Waals surface area (Å²) in [6, 6.07) is -0.973. The van der Waals surface area contributed by atoms with Crippen molar-refractivity contribution >= 4 is 11.9 Å². The van der Waals surface area contributed by atoms with Crippen LogP contribution in [0.5, 0.6) is 0 Å². The number of H-pyrrole nitrogens is 1. The number of ether oxygens (including phenoxy) is 1. The van der Waals surface area contributed by atoms with Crippen LogP contribution in [0.2, 0.25) is 0 Å². The lowest BCUT2D eigenvalue weighted by atomic mass is 10.1. The predicted molar refractivity (Wildman–Crippen MR) is 69.1 cm³/mol. The van der Waals surface area contributed by atoms with E-state index >= 15 is 0 Å². The number of rotatable bonds is 6. The number of carbonyl (C=O) groups is 2. The van der Waals surface area contributed by atoms with Crippen LogP contribution in [-0.2, 0) is 20.7 Å². The first-order valence-electron chi connectivity index (χ1n) is 6.47. The second-order valence-electron chi connectivity index (χ2n) is 4.64. The highest BCUT2D eigenvalue weighted by atomic mass is 16.5. The molecule has 0 aromatic carbocycles. The lowest BCUT2D eigenvalue weighted by Gasteiger charge is -2.23. The molecule has 2 rings (SSSR count). The number of aliphatic carboxylic acids is 1. The fourth-order valence-corrected chi connectivity index (χ4v) is 2.03. The van der Waals surface area contributed by atoms with Crippen LogP contribution in [0.15, 0.2) is 12.5 Å². The van der Waals surface area contributed by atoms with E-state index in [0.717, 1.165) is 6.54 Å². The molecular weight excluding hydrogens is 264 g/mol. The third-order valence-corrected chi connectivity index (χ3v) is 3.03.